The molecule has 1 aromatic heterocycles. The molecule has 5 nitrogen and oxygen atoms in total. The van der Waals surface area contributed by atoms with Crippen LogP contribution in [-0.4, -0.2) is 27.4 Å². The van der Waals surface area contributed by atoms with E-state index in [-0.39, 0.29) is 22.9 Å². The molecule has 0 fully saturated rings. The third-order valence-corrected chi connectivity index (χ3v) is 4.93. The first-order valence-electron chi connectivity index (χ1n) is 7.43. The summed E-state index contributed by atoms with van der Waals surface area (Å²) < 4.78 is 13.5. The zero-order valence-electron chi connectivity index (χ0n) is 13.2. The van der Waals surface area contributed by atoms with Crippen LogP contribution in [0.2, 0.25) is 0 Å². The zero-order valence-corrected chi connectivity index (χ0v) is 14.8. The zero-order chi connectivity index (χ0) is 17.4. The van der Waals surface area contributed by atoms with Crippen molar-refractivity contribution < 1.29 is 9.18 Å². The van der Waals surface area contributed by atoms with Gasteiger partial charge >= 0.3 is 0 Å². The van der Waals surface area contributed by atoms with Crippen molar-refractivity contribution in [1.29, 1.82) is 0 Å². The first-order chi connectivity index (χ1) is 11.6. The second-order valence-electron chi connectivity index (χ2n) is 4.91. The van der Waals surface area contributed by atoms with Gasteiger partial charge in [0.2, 0.25) is 5.91 Å². The Balaban J connectivity index is 1.92. The Labute approximate surface area is 147 Å². The molecule has 0 radical (unpaired) electrons. The number of halogens is 1. The van der Waals surface area contributed by atoms with Gasteiger partial charge in [0.15, 0.2) is 5.16 Å². The normalized spacial score (nSPS) is 10.6. The second kappa shape index (κ2) is 9.48. The van der Waals surface area contributed by atoms with Gasteiger partial charge in [-0.1, -0.05) is 30.8 Å². The van der Waals surface area contributed by atoms with E-state index >= 15 is 0 Å². The van der Waals surface area contributed by atoms with Crippen molar-refractivity contribution in [1.82, 2.24) is 9.97 Å². The molecule has 8 heteroatoms. The standard InChI is InChI=1S/C16H18FN3O2S2/c1-2-7-23-9-11-8-14(21)20-16(18-11)24-10-15(22)19-13-6-4-3-5-12(13)17/h3-6,8H,2,7,9-10H2,1H3,(H,19,22)(H,18,20,21). The molecule has 0 bridgehead atoms. The van der Waals surface area contributed by atoms with E-state index in [0.717, 1.165) is 23.9 Å². The van der Waals surface area contributed by atoms with E-state index in [1.54, 1.807) is 23.9 Å². The average Bonchev–Trinajstić information content (AvgIpc) is 2.55. The van der Waals surface area contributed by atoms with Gasteiger partial charge in [-0.2, -0.15) is 11.8 Å². The Morgan fingerprint density at radius 1 is 1.38 bits per heavy atom. The molecule has 0 saturated heterocycles. The van der Waals surface area contributed by atoms with Crippen LogP contribution >= 0.6 is 23.5 Å². The number of benzene rings is 1. The van der Waals surface area contributed by atoms with Gasteiger partial charge < -0.3 is 10.3 Å². The highest BCUT2D eigenvalue weighted by Crippen LogP contribution is 2.16. The van der Waals surface area contributed by atoms with Gasteiger partial charge in [0.05, 0.1) is 17.1 Å². The number of thioether (sulfide) groups is 2. The lowest BCUT2D eigenvalue weighted by atomic mass is 10.3. The van der Waals surface area contributed by atoms with Crippen LogP contribution in [0.25, 0.3) is 0 Å². The Hall–Kier alpha value is -1.80. The predicted octanol–water partition coefficient (Wildman–Crippen LogP) is 3.28. The maximum atomic E-state index is 13.5. The van der Waals surface area contributed by atoms with Crippen molar-refractivity contribution >= 4 is 35.1 Å². The Morgan fingerprint density at radius 3 is 2.92 bits per heavy atom. The smallest absolute Gasteiger partial charge is 0.251 e. The summed E-state index contributed by atoms with van der Waals surface area (Å²) in [5, 5.41) is 2.88. The maximum Gasteiger partial charge on any atom is 0.251 e. The lowest BCUT2D eigenvalue weighted by molar-refractivity contribution is -0.113. The molecular formula is C16H18FN3O2S2. The summed E-state index contributed by atoms with van der Waals surface area (Å²) in [5.41, 5.74) is 0.581. The minimum atomic E-state index is -0.489. The van der Waals surface area contributed by atoms with Gasteiger partial charge in [0.1, 0.15) is 5.82 Å². The molecule has 0 unspecified atom stereocenters. The molecule has 1 heterocycles. The third kappa shape index (κ3) is 6.01. The van der Waals surface area contributed by atoms with E-state index in [0.29, 0.717) is 16.6 Å². The van der Waals surface area contributed by atoms with E-state index in [9.17, 15) is 14.0 Å². The van der Waals surface area contributed by atoms with Gasteiger partial charge in [-0.05, 0) is 24.3 Å². The van der Waals surface area contributed by atoms with Crippen LogP contribution in [0.5, 0.6) is 0 Å². The van der Waals surface area contributed by atoms with Crippen LogP contribution in [-0.2, 0) is 10.5 Å². The molecule has 1 aromatic carbocycles. The van der Waals surface area contributed by atoms with Gasteiger partial charge in [-0.25, -0.2) is 9.37 Å². The number of carbonyl (C=O) groups is 1. The highest BCUT2D eigenvalue weighted by atomic mass is 32.2. The molecular weight excluding hydrogens is 349 g/mol. The van der Waals surface area contributed by atoms with E-state index in [1.807, 2.05) is 0 Å². The Morgan fingerprint density at radius 2 is 2.17 bits per heavy atom. The second-order valence-corrected chi connectivity index (χ2v) is 6.98. The number of nitrogens with one attached hydrogen (secondary N) is 2. The average molecular weight is 367 g/mol. The monoisotopic (exact) mass is 367 g/mol. The summed E-state index contributed by atoms with van der Waals surface area (Å²) in [6, 6.07) is 7.42. The van der Waals surface area contributed by atoms with Crippen LogP contribution in [0.4, 0.5) is 10.1 Å². The Kier molecular flexibility index (Phi) is 7.33. The largest absolute Gasteiger partial charge is 0.323 e. The van der Waals surface area contributed by atoms with E-state index in [2.05, 4.69) is 22.2 Å². The van der Waals surface area contributed by atoms with Crippen LogP contribution in [0.1, 0.15) is 19.0 Å². The first kappa shape index (κ1) is 18.5. The van der Waals surface area contributed by atoms with Crippen molar-refractivity contribution in [3.63, 3.8) is 0 Å². The lowest BCUT2D eigenvalue weighted by Gasteiger charge is -2.06. The summed E-state index contributed by atoms with van der Waals surface area (Å²) in [6.45, 7) is 2.09. The van der Waals surface area contributed by atoms with Crippen LogP contribution < -0.4 is 10.9 Å². The summed E-state index contributed by atoms with van der Waals surface area (Å²) in [6.07, 6.45) is 1.06. The first-order valence-corrected chi connectivity index (χ1v) is 9.57. The molecule has 0 aliphatic carbocycles. The van der Waals surface area contributed by atoms with Gasteiger partial charge in [-0.15, -0.1) is 0 Å². The fourth-order valence-corrected chi connectivity index (χ4v) is 3.31. The highest BCUT2D eigenvalue weighted by Gasteiger charge is 2.09. The molecule has 0 aliphatic rings. The number of nitrogens with zero attached hydrogens (tertiary/aromatic N) is 1. The van der Waals surface area contributed by atoms with Crippen LogP contribution in [0.15, 0.2) is 40.3 Å². The summed E-state index contributed by atoms with van der Waals surface area (Å²) in [4.78, 5) is 30.5. The minimum Gasteiger partial charge on any atom is -0.323 e. The fraction of sp³-hybridized carbons (Fsp3) is 0.312. The number of H-pyrrole nitrogens is 1. The number of aromatic nitrogens is 2. The summed E-state index contributed by atoms with van der Waals surface area (Å²) in [5.74, 6) is 0.841. The lowest BCUT2D eigenvalue weighted by Crippen LogP contribution is -2.16. The van der Waals surface area contributed by atoms with Crippen LogP contribution in [0, 0.1) is 5.82 Å². The van der Waals surface area contributed by atoms with E-state index in [4.69, 9.17) is 0 Å². The highest BCUT2D eigenvalue weighted by molar-refractivity contribution is 7.99. The predicted molar refractivity (Wildman–Crippen MR) is 97.1 cm³/mol. The maximum absolute atomic E-state index is 13.5. The number of carbonyl (C=O) groups excluding carboxylic acids is 1. The number of amides is 1. The molecule has 2 aromatic rings. The topological polar surface area (TPSA) is 74.8 Å². The van der Waals surface area contributed by atoms with Gasteiger partial charge in [0, 0.05) is 11.8 Å². The Bertz CT molecular complexity index is 752. The van der Waals surface area contributed by atoms with E-state index in [1.165, 1.54) is 18.2 Å². The molecule has 0 aliphatic heterocycles. The number of rotatable bonds is 8. The molecule has 1 amide bonds. The number of para-hydroxylation sites is 1. The van der Waals surface area contributed by atoms with Crippen molar-refractivity contribution in [2.75, 3.05) is 16.8 Å². The van der Waals surface area contributed by atoms with Crippen molar-refractivity contribution in [2.45, 2.75) is 24.3 Å². The minimum absolute atomic E-state index is 0.0306. The summed E-state index contributed by atoms with van der Waals surface area (Å²) in [7, 11) is 0. The number of hydrogen-bond donors (Lipinski definition) is 2. The molecule has 0 spiro atoms. The van der Waals surface area contributed by atoms with Gasteiger partial charge in [-0.3, -0.25) is 9.59 Å². The summed E-state index contributed by atoms with van der Waals surface area (Å²) >= 11 is 2.82. The molecule has 0 atom stereocenters. The quantitative estimate of drug-likeness (QED) is 0.425. The molecule has 2 rings (SSSR count). The molecule has 0 saturated carbocycles. The van der Waals surface area contributed by atoms with Crippen molar-refractivity contribution in [3.8, 4) is 0 Å². The van der Waals surface area contributed by atoms with Gasteiger partial charge in [0.25, 0.3) is 5.56 Å². The molecule has 2 N–H and O–H groups in total. The third-order valence-electron chi connectivity index (χ3n) is 2.86. The number of anilines is 1. The molecule has 24 heavy (non-hydrogen) atoms. The van der Waals surface area contributed by atoms with Crippen molar-refractivity contribution in [2.24, 2.45) is 0 Å². The fourth-order valence-electron chi connectivity index (χ4n) is 1.83. The van der Waals surface area contributed by atoms with Crippen LogP contribution in [0.3, 0.4) is 0 Å². The number of aromatic amines is 1. The van der Waals surface area contributed by atoms with Crippen molar-refractivity contribution in [3.05, 3.63) is 52.2 Å². The molecule has 128 valence electrons. The van der Waals surface area contributed by atoms with E-state index < -0.39 is 5.82 Å². The number of hydrogen-bond acceptors (Lipinski definition) is 5. The SMILES string of the molecule is CCCSCc1cc(=O)[nH]c(SCC(=O)Nc2ccccc2F)n1.